The van der Waals surface area contributed by atoms with Crippen molar-refractivity contribution in [3.8, 4) is 17.1 Å². The van der Waals surface area contributed by atoms with Gasteiger partial charge in [0.25, 0.3) is 0 Å². The number of hydrogen-bond donors (Lipinski definition) is 1. The number of aromatic nitrogens is 3. The van der Waals surface area contributed by atoms with E-state index in [-0.39, 0.29) is 23.5 Å². The fraction of sp³-hybridized carbons (Fsp3) is 0.160. The van der Waals surface area contributed by atoms with Gasteiger partial charge in [-0.25, -0.2) is 4.39 Å². The van der Waals surface area contributed by atoms with E-state index >= 15 is 0 Å². The van der Waals surface area contributed by atoms with Crippen molar-refractivity contribution >= 4 is 29.4 Å². The van der Waals surface area contributed by atoms with Crippen molar-refractivity contribution in [2.45, 2.75) is 22.5 Å². The number of nitrogens with one attached hydrogen (secondary N) is 1. The topological polar surface area (TPSA) is 59.8 Å². The number of amides is 1. The molecule has 1 aromatic heterocycles. The van der Waals surface area contributed by atoms with Crippen molar-refractivity contribution in [2.24, 2.45) is 0 Å². The standard InChI is InChI=1S/C25H21FN4OS2/c26-18-11-12-22-20(15-18)21(13-14-32-22)27-23(31)16-33-25-29-28-24(17-7-3-1-4-8-17)30(25)19-9-5-2-6-10-19/h1-12,15,21H,13-14,16H2,(H,27,31). The lowest BCUT2D eigenvalue weighted by molar-refractivity contribution is -0.119. The van der Waals surface area contributed by atoms with E-state index in [2.05, 4.69) is 15.5 Å². The molecule has 0 bridgehead atoms. The normalized spacial score (nSPS) is 15.1. The van der Waals surface area contributed by atoms with Gasteiger partial charge in [-0.15, -0.1) is 22.0 Å². The molecule has 1 unspecified atom stereocenters. The monoisotopic (exact) mass is 476 g/mol. The van der Waals surface area contributed by atoms with Crippen LogP contribution in [0.5, 0.6) is 0 Å². The van der Waals surface area contributed by atoms with Crippen LogP contribution in [0.3, 0.4) is 0 Å². The molecule has 0 spiro atoms. The molecule has 3 aromatic carbocycles. The van der Waals surface area contributed by atoms with Crippen LogP contribution in [0.25, 0.3) is 17.1 Å². The Hall–Kier alpha value is -3.10. The number of carbonyl (C=O) groups excluding carboxylic acids is 1. The molecule has 0 saturated carbocycles. The van der Waals surface area contributed by atoms with Crippen LogP contribution < -0.4 is 5.32 Å². The Morgan fingerprint density at radius 3 is 2.61 bits per heavy atom. The molecular weight excluding hydrogens is 455 g/mol. The van der Waals surface area contributed by atoms with Crippen LogP contribution >= 0.6 is 23.5 Å². The zero-order chi connectivity index (χ0) is 22.6. The molecule has 1 aliphatic heterocycles. The molecule has 5 rings (SSSR count). The number of benzene rings is 3. The van der Waals surface area contributed by atoms with Crippen LogP contribution in [-0.2, 0) is 4.79 Å². The summed E-state index contributed by atoms with van der Waals surface area (Å²) in [6, 6.07) is 24.3. The van der Waals surface area contributed by atoms with Gasteiger partial charge in [0.2, 0.25) is 5.91 Å². The zero-order valence-corrected chi connectivity index (χ0v) is 19.3. The van der Waals surface area contributed by atoms with E-state index in [1.165, 1.54) is 23.9 Å². The summed E-state index contributed by atoms with van der Waals surface area (Å²) in [7, 11) is 0. The number of rotatable bonds is 6. The highest BCUT2D eigenvalue weighted by atomic mass is 32.2. The number of para-hydroxylation sites is 1. The number of carbonyl (C=O) groups is 1. The minimum Gasteiger partial charge on any atom is -0.348 e. The lowest BCUT2D eigenvalue weighted by Crippen LogP contribution is -2.32. The quantitative estimate of drug-likeness (QED) is 0.372. The molecule has 33 heavy (non-hydrogen) atoms. The Kier molecular flexibility index (Phi) is 6.46. The van der Waals surface area contributed by atoms with Gasteiger partial charge in [0.1, 0.15) is 5.82 Å². The van der Waals surface area contributed by atoms with E-state index in [1.807, 2.05) is 65.2 Å². The maximum absolute atomic E-state index is 13.8. The lowest BCUT2D eigenvalue weighted by Gasteiger charge is -2.26. The summed E-state index contributed by atoms with van der Waals surface area (Å²) in [5, 5.41) is 12.5. The molecule has 1 amide bonds. The second-order valence-electron chi connectivity index (χ2n) is 7.57. The average Bonchev–Trinajstić information content (AvgIpc) is 3.28. The Labute approximate surface area is 199 Å². The highest BCUT2D eigenvalue weighted by molar-refractivity contribution is 7.99. The summed E-state index contributed by atoms with van der Waals surface area (Å²) in [6.45, 7) is 0. The third kappa shape index (κ3) is 4.82. The van der Waals surface area contributed by atoms with Crippen molar-refractivity contribution < 1.29 is 9.18 Å². The Morgan fingerprint density at radius 1 is 1.06 bits per heavy atom. The second kappa shape index (κ2) is 9.80. The first-order valence-corrected chi connectivity index (χ1v) is 12.6. The van der Waals surface area contributed by atoms with E-state index in [1.54, 1.807) is 17.8 Å². The highest BCUT2D eigenvalue weighted by Crippen LogP contribution is 2.36. The van der Waals surface area contributed by atoms with Crippen LogP contribution in [0.4, 0.5) is 4.39 Å². The number of fused-ring (bicyclic) bond motifs is 1. The van der Waals surface area contributed by atoms with Gasteiger partial charge in [-0.2, -0.15) is 0 Å². The molecular formula is C25H21FN4OS2. The molecule has 0 saturated heterocycles. The first kappa shape index (κ1) is 21.7. The fourth-order valence-corrected chi connectivity index (χ4v) is 5.70. The van der Waals surface area contributed by atoms with Crippen LogP contribution in [0.1, 0.15) is 18.0 Å². The minimum atomic E-state index is -0.283. The maximum Gasteiger partial charge on any atom is 0.230 e. The average molecular weight is 477 g/mol. The Bertz CT molecular complexity index is 1260. The molecule has 0 radical (unpaired) electrons. The molecule has 0 aliphatic carbocycles. The summed E-state index contributed by atoms with van der Waals surface area (Å²) < 4.78 is 15.7. The van der Waals surface area contributed by atoms with Crippen molar-refractivity contribution in [1.82, 2.24) is 20.1 Å². The van der Waals surface area contributed by atoms with Gasteiger partial charge in [-0.3, -0.25) is 9.36 Å². The predicted octanol–water partition coefficient (Wildman–Crippen LogP) is 5.52. The van der Waals surface area contributed by atoms with Crippen molar-refractivity contribution in [3.05, 3.63) is 90.2 Å². The van der Waals surface area contributed by atoms with Crippen molar-refractivity contribution in [1.29, 1.82) is 0 Å². The van der Waals surface area contributed by atoms with Crippen molar-refractivity contribution in [2.75, 3.05) is 11.5 Å². The molecule has 0 fully saturated rings. The van der Waals surface area contributed by atoms with E-state index in [0.29, 0.717) is 5.16 Å². The van der Waals surface area contributed by atoms with Gasteiger partial charge >= 0.3 is 0 Å². The highest BCUT2D eigenvalue weighted by Gasteiger charge is 2.24. The molecule has 1 aliphatic rings. The van der Waals surface area contributed by atoms with E-state index in [4.69, 9.17) is 0 Å². The van der Waals surface area contributed by atoms with Crippen LogP contribution in [0.15, 0.2) is 88.9 Å². The van der Waals surface area contributed by atoms with Crippen molar-refractivity contribution in [3.63, 3.8) is 0 Å². The molecule has 8 heteroatoms. The fourth-order valence-electron chi connectivity index (χ4n) is 3.83. The molecule has 5 nitrogen and oxygen atoms in total. The van der Waals surface area contributed by atoms with Gasteiger partial charge in [0.05, 0.1) is 11.8 Å². The van der Waals surface area contributed by atoms with Crippen LogP contribution in [0.2, 0.25) is 0 Å². The van der Waals surface area contributed by atoms with E-state index < -0.39 is 0 Å². The summed E-state index contributed by atoms with van der Waals surface area (Å²) in [5.74, 6) is 1.40. The summed E-state index contributed by atoms with van der Waals surface area (Å²) in [6.07, 6.45) is 0.774. The van der Waals surface area contributed by atoms with Gasteiger partial charge in [-0.05, 0) is 42.3 Å². The van der Waals surface area contributed by atoms with Gasteiger partial charge < -0.3 is 5.32 Å². The minimum absolute atomic E-state index is 0.115. The Morgan fingerprint density at radius 2 is 1.82 bits per heavy atom. The van der Waals surface area contributed by atoms with E-state index in [9.17, 15) is 9.18 Å². The molecule has 166 valence electrons. The van der Waals surface area contributed by atoms with Gasteiger partial charge in [0.15, 0.2) is 11.0 Å². The SMILES string of the molecule is O=C(CSc1nnc(-c2ccccc2)n1-c1ccccc1)NC1CCSc2ccc(F)cc21. The zero-order valence-electron chi connectivity index (χ0n) is 17.6. The molecule has 2 heterocycles. The van der Waals surface area contributed by atoms with E-state index in [0.717, 1.165) is 39.7 Å². The lowest BCUT2D eigenvalue weighted by atomic mass is 10.0. The summed E-state index contributed by atoms with van der Waals surface area (Å²) in [5.41, 5.74) is 2.73. The third-order valence-electron chi connectivity index (χ3n) is 5.36. The molecule has 4 aromatic rings. The summed E-state index contributed by atoms with van der Waals surface area (Å²) in [4.78, 5) is 13.8. The number of nitrogens with zero attached hydrogens (tertiary/aromatic N) is 3. The molecule has 1 atom stereocenters. The van der Waals surface area contributed by atoms with Gasteiger partial charge in [0, 0.05) is 21.9 Å². The number of halogens is 1. The molecule has 1 N–H and O–H groups in total. The third-order valence-corrected chi connectivity index (χ3v) is 7.41. The van der Waals surface area contributed by atoms with Gasteiger partial charge in [-0.1, -0.05) is 60.3 Å². The predicted molar refractivity (Wildman–Crippen MR) is 130 cm³/mol. The largest absolute Gasteiger partial charge is 0.348 e. The summed E-state index contributed by atoms with van der Waals surface area (Å²) >= 11 is 3.03. The first-order chi connectivity index (χ1) is 16.2. The van der Waals surface area contributed by atoms with Crippen LogP contribution in [-0.4, -0.2) is 32.2 Å². The van der Waals surface area contributed by atoms with Crippen LogP contribution in [0, 0.1) is 5.82 Å². The Balaban J connectivity index is 1.35. The smallest absolute Gasteiger partial charge is 0.230 e. The maximum atomic E-state index is 13.8. The first-order valence-electron chi connectivity index (χ1n) is 10.6. The number of hydrogen-bond acceptors (Lipinski definition) is 5. The second-order valence-corrected chi connectivity index (χ2v) is 9.65. The number of thioether (sulfide) groups is 2.